The first-order valence-corrected chi connectivity index (χ1v) is 2.88. The van der Waals surface area contributed by atoms with Gasteiger partial charge in [-0.05, 0) is 6.08 Å². The van der Waals surface area contributed by atoms with Crippen LogP contribution in [0.4, 0.5) is 0 Å². The quantitative estimate of drug-likeness (QED) is 0.535. The van der Waals surface area contributed by atoms with E-state index in [0.717, 1.165) is 5.56 Å². The summed E-state index contributed by atoms with van der Waals surface area (Å²) in [5.41, 5.74) is 0.948. The topological polar surface area (TPSA) is 41.6 Å². The van der Waals surface area contributed by atoms with Crippen LogP contribution in [0.5, 0.6) is 0 Å². The summed E-state index contributed by atoms with van der Waals surface area (Å²) in [6.45, 7) is 0. The fourth-order valence-corrected chi connectivity index (χ4v) is 0.660. The molecule has 0 saturated heterocycles. The van der Waals surface area contributed by atoms with Gasteiger partial charge in [-0.15, -0.1) is 0 Å². The molecule has 1 aromatic rings. The molecular weight excluding hydrogens is 126 g/mol. The van der Waals surface area contributed by atoms with Crippen LogP contribution < -0.4 is 0 Å². The first-order chi connectivity index (χ1) is 4.83. The van der Waals surface area contributed by atoms with E-state index in [2.05, 4.69) is 5.10 Å². The van der Waals surface area contributed by atoms with Crippen LogP contribution in [0.25, 0.3) is 6.08 Å². The standard InChI is InChI=1S/C7H7N3/c1-10-6-7(5-9-10)3-2-4-8/h2-3,5-6H,1H3. The van der Waals surface area contributed by atoms with Gasteiger partial charge in [0.05, 0.1) is 12.3 Å². The molecule has 10 heavy (non-hydrogen) atoms. The number of hydrogen-bond donors (Lipinski definition) is 0. The molecule has 0 radical (unpaired) electrons. The highest BCUT2D eigenvalue weighted by Crippen LogP contribution is 1.97. The van der Waals surface area contributed by atoms with Crippen molar-refractivity contribution in [1.29, 1.82) is 5.26 Å². The second kappa shape index (κ2) is 2.83. The fourth-order valence-electron chi connectivity index (χ4n) is 0.660. The zero-order valence-corrected chi connectivity index (χ0v) is 5.65. The van der Waals surface area contributed by atoms with Crippen LogP contribution in [0, 0.1) is 11.3 Å². The molecule has 3 nitrogen and oxygen atoms in total. The highest BCUT2D eigenvalue weighted by atomic mass is 15.2. The summed E-state index contributed by atoms with van der Waals surface area (Å²) >= 11 is 0. The van der Waals surface area contributed by atoms with Gasteiger partial charge in [0, 0.05) is 24.9 Å². The van der Waals surface area contributed by atoms with Crippen molar-refractivity contribution in [3.05, 3.63) is 24.0 Å². The summed E-state index contributed by atoms with van der Waals surface area (Å²) < 4.78 is 1.69. The number of aryl methyl sites for hydroxylation is 1. The Labute approximate surface area is 59.2 Å². The Morgan fingerprint density at radius 1 is 1.80 bits per heavy atom. The second-order valence-corrected chi connectivity index (χ2v) is 1.91. The minimum Gasteiger partial charge on any atom is -0.275 e. The molecule has 0 N–H and O–H groups in total. The molecule has 1 rings (SSSR count). The SMILES string of the molecule is Cn1cc(C=CC#N)cn1. The van der Waals surface area contributed by atoms with Gasteiger partial charge < -0.3 is 0 Å². The Kier molecular flexibility index (Phi) is 1.86. The largest absolute Gasteiger partial charge is 0.275 e. The van der Waals surface area contributed by atoms with Crippen molar-refractivity contribution in [3.8, 4) is 6.07 Å². The number of aromatic nitrogens is 2. The third kappa shape index (κ3) is 1.46. The van der Waals surface area contributed by atoms with Crippen LogP contribution in [0.3, 0.4) is 0 Å². The molecule has 0 amide bonds. The number of allylic oxidation sites excluding steroid dienone is 1. The average Bonchev–Trinajstić information content (AvgIpc) is 2.31. The Morgan fingerprint density at radius 2 is 2.60 bits per heavy atom. The molecule has 0 saturated carbocycles. The lowest BCUT2D eigenvalue weighted by molar-refractivity contribution is 0.767. The molecule has 0 aromatic carbocycles. The minimum atomic E-state index is 0.948. The fraction of sp³-hybridized carbons (Fsp3) is 0.143. The van der Waals surface area contributed by atoms with E-state index in [-0.39, 0.29) is 0 Å². The molecule has 3 heteroatoms. The third-order valence-corrected chi connectivity index (χ3v) is 1.08. The van der Waals surface area contributed by atoms with E-state index < -0.39 is 0 Å². The van der Waals surface area contributed by atoms with E-state index in [1.54, 1.807) is 17.0 Å². The third-order valence-electron chi connectivity index (χ3n) is 1.08. The summed E-state index contributed by atoms with van der Waals surface area (Å²) in [4.78, 5) is 0. The van der Waals surface area contributed by atoms with Crippen molar-refractivity contribution in [2.45, 2.75) is 0 Å². The Bertz CT molecular complexity index is 277. The summed E-state index contributed by atoms with van der Waals surface area (Å²) in [6, 6.07) is 1.91. The molecular formula is C7H7N3. The first kappa shape index (κ1) is 6.56. The lowest BCUT2D eigenvalue weighted by atomic mass is 10.3. The maximum absolute atomic E-state index is 8.17. The van der Waals surface area contributed by atoms with E-state index in [9.17, 15) is 0 Å². The minimum absolute atomic E-state index is 0.948. The van der Waals surface area contributed by atoms with Crippen LogP contribution >= 0.6 is 0 Å². The van der Waals surface area contributed by atoms with Crippen molar-refractivity contribution in [2.75, 3.05) is 0 Å². The average molecular weight is 133 g/mol. The highest BCUT2D eigenvalue weighted by Gasteiger charge is 1.86. The number of nitriles is 1. The predicted octanol–water partition coefficient (Wildman–Crippen LogP) is 0.957. The molecule has 0 spiro atoms. The van der Waals surface area contributed by atoms with E-state index >= 15 is 0 Å². The molecule has 0 aliphatic heterocycles. The molecule has 0 unspecified atom stereocenters. The first-order valence-electron chi connectivity index (χ1n) is 2.88. The van der Waals surface area contributed by atoms with Crippen molar-refractivity contribution in [2.24, 2.45) is 7.05 Å². The van der Waals surface area contributed by atoms with Gasteiger partial charge in [0.1, 0.15) is 0 Å². The van der Waals surface area contributed by atoms with Crippen LogP contribution in [0.15, 0.2) is 18.5 Å². The summed E-state index contributed by atoms with van der Waals surface area (Å²) in [6.07, 6.45) is 6.69. The molecule has 0 fully saturated rings. The summed E-state index contributed by atoms with van der Waals surface area (Å²) in [7, 11) is 1.84. The summed E-state index contributed by atoms with van der Waals surface area (Å²) in [5, 5.41) is 12.1. The number of rotatable bonds is 1. The van der Waals surface area contributed by atoms with Crippen molar-refractivity contribution < 1.29 is 0 Å². The van der Waals surface area contributed by atoms with E-state index in [0.29, 0.717) is 0 Å². The van der Waals surface area contributed by atoms with E-state index in [1.807, 2.05) is 19.3 Å². The maximum Gasteiger partial charge on any atom is 0.0912 e. The zero-order chi connectivity index (χ0) is 7.40. The van der Waals surface area contributed by atoms with E-state index in [4.69, 9.17) is 5.26 Å². The Hall–Kier alpha value is -1.56. The lowest BCUT2D eigenvalue weighted by Crippen LogP contribution is -1.83. The van der Waals surface area contributed by atoms with Crippen LogP contribution in [-0.4, -0.2) is 9.78 Å². The lowest BCUT2D eigenvalue weighted by Gasteiger charge is -1.79. The molecule has 0 aliphatic rings. The van der Waals surface area contributed by atoms with Crippen molar-refractivity contribution >= 4 is 6.08 Å². The monoisotopic (exact) mass is 133 g/mol. The number of hydrogen-bond acceptors (Lipinski definition) is 2. The smallest absolute Gasteiger partial charge is 0.0912 e. The molecule has 0 aliphatic carbocycles. The number of nitrogens with zero attached hydrogens (tertiary/aromatic N) is 3. The van der Waals surface area contributed by atoms with Crippen molar-refractivity contribution in [1.82, 2.24) is 9.78 Å². The molecule has 1 aromatic heterocycles. The second-order valence-electron chi connectivity index (χ2n) is 1.91. The zero-order valence-electron chi connectivity index (χ0n) is 5.65. The van der Waals surface area contributed by atoms with Crippen LogP contribution in [-0.2, 0) is 7.05 Å². The van der Waals surface area contributed by atoms with Gasteiger partial charge in [-0.1, -0.05) is 0 Å². The van der Waals surface area contributed by atoms with Gasteiger partial charge in [-0.2, -0.15) is 10.4 Å². The van der Waals surface area contributed by atoms with Gasteiger partial charge in [0.15, 0.2) is 0 Å². The summed E-state index contributed by atoms with van der Waals surface area (Å²) in [5.74, 6) is 0. The van der Waals surface area contributed by atoms with Crippen molar-refractivity contribution in [3.63, 3.8) is 0 Å². The van der Waals surface area contributed by atoms with Gasteiger partial charge >= 0.3 is 0 Å². The Morgan fingerprint density at radius 3 is 3.10 bits per heavy atom. The molecule has 1 heterocycles. The maximum atomic E-state index is 8.17. The highest BCUT2D eigenvalue weighted by molar-refractivity contribution is 5.49. The molecule has 0 atom stereocenters. The van der Waals surface area contributed by atoms with E-state index in [1.165, 1.54) is 6.08 Å². The predicted molar refractivity (Wildman–Crippen MR) is 37.9 cm³/mol. The van der Waals surface area contributed by atoms with Gasteiger partial charge in [0.25, 0.3) is 0 Å². The van der Waals surface area contributed by atoms with Crippen LogP contribution in [0.2, 0.25) is 0 Å². The van der Waals surface area contributed by atoms with Gasteiger partial charge in [-0.3, -0.25) is 4.68 Å². The normalized spacial score (nSPS) is 10.0. The van der Waals surface area contributed by atoms with Gasteiger partial charge in [-0.25, -0.2) is 0 Å². The Balaban J connectivity index is 2.78. The van der Waals surface area contributed by atoms with Crippen LogP contribution in [0.1, 0.15) is 5.56 Å². The molecule has 50 valence electrons. The van der Waals surface area contributed by atoms with Gasteiger partial charge in [0.2, 0.25) is 0 Å². The molecule has 0 bridgehead atoms.